The van der Waals surface area contributed by atoms with E-state index in [9.17, 15) is 4.79 Å². The third-order valence-corrected chi connectivity index (χ3v) is 5.95. The van der Waals surface area contributed by atoms with Gasteiger partial charge in [-0.1, -0.05) is 35.5 Å². The van der Waals surface area contributed by atoms with Crippen molar-refractivity contribution in [2.24, 2.45) is 11.8 Å². The first-order valence-corrected chi connectivity index (χ1v) is 9.63. The minimum Gasteiger partial charge on any atom is -0.337 e. The van der Waals surface area contributed by atoms with E-state index in [4.69, 9.17) is 0 Å². The fourth-order valence-corrected chi connectivity index (χ4v) is 4.36. The monoisotopic (exact) mass is 354 g/mol. The number of hydrogen-bond donors (Lipinski definition) is 0. The van der Waals surface area contributed by atoms with E-state index in [0.29, 0.717) is 11.6 Å². The Balaban J connectivity index is 1.22. The van der Waals surface area contributed by atoms with Crippen LogP contribution in [0.5, 0.6) is 0 Å². The van der Waals surface area contributed by atoms with Gasteiger partial charge in [0.1, 0.15) is 6.20 Å². The summed E-state index contributed by atoms with van der Waals surface area (Å²) in [5.74, 6) is 1.31. The van der Waals surface area contributed by atoms with Gasteiger partial charge in [0, 0.05) is 19.6 Å². The summed E-state index contributed by atoms with van der Waals surface area (Å²) in [7, 11) is 0. The molecule has 1 aromatic carbocycles. The molecule has 1 unspecified atom stereocenters. The molecule has 6 nitrogen and oxygen atoms in total. The Morgan fingerprint density at radius 1 is 1.08 bits per heavy atom. The molecule has 1 atom stereocenters. The molecule has 0 aliphatic carbocycles. The maximum absolute atomic E-state index is 12.4. The van der Waals surface area contributed by atoms with Crippen LogP contribution in [0.4, 0.5) is 0 Å². The Bertz CT molecular complexity index is 696. The predicted octanol–water partition coefficient (Wildman–Crippen LogP) is 2.49. The maximum atomic E-state index is 12.4. The molecule has 0 spiro atoms. The third kappa shape index (κ3) is 3.96. The van der Waals surface area contributed by atoms with Gasteiger partial charge in [-0.15, -0.1) is 0 Å². The molecule has 1 amide bonds. The molecule has 0 radical (unpaired) electrons. The zero-order chi connectivity index (χ0) is 17.8. The van der Waals surface area contributed by atoms with Gasteiger partial charge in [0.15, 0.2) is 5.69 Å². The summed E-state index contributed by atoms with van der Waals surface area (Å²) < 4.78 is 4.55. The first-order chi connectivity index (χ1) is 12.8. The summed E-state index contributed by atoms with van der Waals surface area (Å²) in [6.07, 6.45) is 6.12. The van der Waals surface area contributed by atoms with E-state index in [1.807, 2.05) is 4.90 Å². The van der Waals surface area contributed by atoms with E-state index < -0.39 is 0 Å². The molecule has 0 saturated carbocycles. The molecule has 0 bridgehead atoms. The van der Waals surface area contributed by atoms with Gasteiger partial charge < -0.3 is 9.80 Å². The lowest BCUT2D eigenvalue weighted by Gasteiger charge is -2.34. The van der Waals surface area contributed by atoms with Crippen LogP contribution in [0.1, 0.15) is 35.3 Å². The molecular formula is C20H26N4O2. The highest BCUT2D eigenvalue weighted by Gasteiger charge is 2.34. The molecule has 3 heterocycles. The molecular weight excluding hydrogens is 328 g/mol. The predicted molar refractivity (Wildman–Crippen MR) is 97.6 cm³/mol. The van der Waals surface area contributed by atoms with Crippen molar-refractivity contribution in [3.8, 4) is 0 Å². The zero-order valence-corrected chi connectivity index (χ0v) is 15.1. The van der Waals surface area contributed by atoms with Crippen molar-refractivity contribution in [2.75, 3.05) is 32.7 Å². The number of nitrogens with zero attached hydrogens (tertiary/aromatic N) is 4. The second kappa shape index (κ2) is 7.99. The summed E-state index contributed by atoms with van der Waals surface area (Å²) in [6.45, 7) is 5.17. The van der Waals surface area contributed by atoms with Gasteiger partial charge in [0.25, 0.3) is 5.91 Å². The zero-order valence-electron chi connectivity index (χ0n) is 15.1. The lowest BCUT2D eigenvalue weighted by Crippen LogP contribution is -2.38. The van der Waals surface area contributed by atoms with Crippen LogP contribution in [-0.4, -0.2) is 58.7 Å². The van der Waals surface area contributed by atoms with E-state index in [1.54, 1.807) is 0 Å². The van der Waals surface area contributed by atoms with Crippen LogP contribution in [0.3, 0.4) is 0 Å². The lowest BCUT2D eigenvalue weighted by molar-refractivity contribution is 0.0763. The van der Waals surface area contributed by atoms with Crippen LogP contribution < -0.4 is 0 Å². The van der Waals surface area contributed by atoms with E-state index >= 15 is 0 Å². The number of aromatic nitrogens is 2. The lowest BCUT2D eigenvalue weighted by atomic mass is 9.83. The van der Waals surface area contributed by atoms with Crippen LogP contribution in [0.25, 0.3) is 0 Å². The number of amides is 1. The Morgan fingerprint density at radius 2 is 1.85 bits per heavy atom. The third-order valence-electron chi connectivity index (χ3n) is 5.95. The van der Waals surface area contributed by atoms with Crippen molar-refractivity contribution < 1.29 is 9.42 Å². The van der Waals surface area contributed by atoms with Crippen LogP contribution in [0, 0.1) is 11.8 Å². The summed E-state index contributed by atoms with van der Waals surface area (Å²) in [5.41, 5.74) is 1.74. The first-order valence-electron chi connectivity index (χ1n) is 9.63. The molecule has 1 aromatic heterocycles. The number of piperidine rings is 1. The minimum atomic E-state index is -0.0472. The number of likely N-dealkylation sites (tertiary alicyclic amines) is 2. The van der Waals surface area contributed by atoms with E-state index in [0.717, 1.165) is 38.4 Å². The Hall–Kier alpha value is -2.21. The normalized spacial score (nSPS) is 22.0. The van der Waals surface area contributed by atoms with Gasteiger partial charge >= 0.3 is 0 Å². The summed E-state index contributed by atoms with van der Waals surface area (Å²) in [6, 6.07) is 10.7. The summed E-state index contributed by atoms with van der Waals surface area (Å²) >= 11 is 0. The van der Waals surface area contributed by atoms with Crippen molar-refractivity contribution in [3.63, 3.8) is 0 Å². The fourth-order valence-electron chi connectivity index (χ4n) is 4.36. The molecule has 2 aliphatic rings. The number of rotatable bonds is 5. The summed E-state index contributed by atoms with van der Waals surface area (Å²) in [5, 5.41) is 7.20. The van der Waals surface area contributed by atoms with Crippen LogP contribution in [0.15, 0.2) is 41.2 Å². The molecule has 4 rings (SSSR count). The van der Waals surface area contributed by atoms with Crippen LogP contribution >= 0.6 is 0 Å². The van der Waals surface area contributed by atoms with Crippen molar-refractivity contribution in [2.45, 2.75) is 25.7 Å². The van der Waals surface area contributed by atoms with Crippen LogP contribution in [-0.2, 0) is 6.42 Å². The van der Waals surface area contributed by atoms with Gasteiger partial charge in [-0.3, -0.25) is 4.79 Å². The van der Waals surface area contributed by atoms with Gasteiger partial charge in [-0.05, 0) is 61.3 Å². The molecule has 2 fully saturated rings. The average molecular weight is 354 g/mol. The smallest absolute Gasteiger partial charge is 0.277 e. The average Bonchev–Trinajstić information content (AvgIpc) is 3.39. The van der Waals surface area contributed by atoms with Crippen molar-refractivity contribution in [1.82, 2.24) is 20.1 Å². The number of carbonyl (C=O) groups excluding carboxylic acids is 1. The topological polar surface area (TPSA) is 62.5 Å². The largest absolute Gasteiger partial charge is 0.337 e. The quantitative estimate of drug-likeness (QED) is 0.825. The highest BCUT2D eigenvalue weighted by Crippen LogP contribution is 2.32. The Kier molecular flexibility index (Phi) is 5.29. The van der Waals surface area contributed by atoms with Crippen molar-refractivity contribution >= 4 is 5.91 Å². The summed E-state index contributed by atoms with van der Waals surface area (Å²) in [4.78, 5) is 16.9. The fraction of sp³-hybridized carbons (Fsp3) is 0.550. The van der Waals surface area contributed by atoms with E-state index in [1.165, 1.54) is 37.7 Å². The molecule has 2 aromatic rings. The Morgan fingerprint density at radius 3 is 2.58 bits per heavy atom. The number of carbonyl (C=O) groups is 1. The highest BCUT2D eigenvalue weighted by atomic mass is 16.6. The first kappa shape index (κ1) is 17.2. The molecule has 6 heteroatoms. The molecule has 138 valence electrons. The van der Waals surface area contributed by atoms with Crippen LogP contribution in [0.2, 0.25) is 0 Å². The standard InChI is InChI=1S/C20H26N4O2/c25-20(19-14-21-26-22-19)24-13-9-18(15-24)17-7-11-23(12-8-17)10-6-16-4-2-1-3-5-16/h1-5,14,17-18H,6-13,15H2. The minimum absolute atomic E-state index is 0.0472. The van der Waals surface area contributed by atoms with E-state index in [2.05, 4.69) is 50.2 Å². The van der Waals surface area contributed by atoms with Gasteiger partial charge in [0.05, 0.1) is 0 Å². The molecule has 0 N–H and O–H groups in total. The number of benzene rings is 1. The Labute approximate surface area is 154 Å². The molecule has 26 heavy (non-hydrogen) atoms. The van der Waals surface area contributed by atoms with Gasteiger partial charge in [-0.25, -0.2) is 4.63 Å². The van der Waals surface area contributed by atoms with Gasteiger partial charge in [-0.2, -0.15) is 0 Å². The SMILES string of the molecule is O=C(c1cnon1)N1CCC(C2CCN(CCc3ccccc3)CC2)C1. The molecule has 2 aliphatic heterocycles. The number of hydrogen-bond acceptors (Lipinski definition) is 5. The second-order valence-electron chi connectivity index (χ2n) is 7.51. The van der Waals surface area contributed by atoms with Gasteiger partial charge in [0.2, 0.25) is 0 Å². The van der Waals surface area contributed by atoms with E-state index in [-0.39, 0.29) is 5.91 Å². The second-order valence-corrected chi connectivity index (χ2v) is 7.51. The molecule has 2 saturated heterocycles. The van der Waals surface area contributed by atoms with Crippen molar-refractivity contribution in [1.29, 1.82) is 0 Å². The van der Waals surface area contributed by atoms with Crippen molar-refractivity contribution in [3.05, 3.63) is 47.8 Å². The maximum Gasteiger partial charge on any atom is 0.277 e. The highest BCUT2D eigenvalue weighted by molar-refractivity contribution is 5.91.